The number of rotatable bonds is 5. The fraction of sp³-hybridized carbons (Fsp3) is 0.286. The molecule has 1 aromatic heterocycles. The monoisotopic (exact) mass is 337 g/mol. The Labute approximate surface area is 147 Å². The predicted molar refractivity (Wildman–Crippen MR) is 101 cm³/mol. The number of carbonyl (C=O) groups is 1. The van der Waals surface area contributed by atoms with Crippen LogP contribution in [0.4, 0.5) is 5.69 Å². The third-order valence-electron chi connectivity index (χ3n) is 4.70. The topological polar surface area (TPSA) is 51.5 Å². The van der Waals surface area contributed by atoms with Crippen molar-refractivity contribution in [1.29, 1.82) is 0 Å². The highest BCUT2D eigenvalue weighted by Crippen LogP contribution is 2.31. The third-order valence-corrected chi connectivity index (χ3v) is 4.70. The van der Waals surface area contributed by atoms with E-state index in [2.05, 4.69) is 25.2 Å². The number of fused-ring (bicyclic) bond motifs is 1. The summed E-state index contributed by atoms with van der Waals surface area (Å²) in [7, 11) is 1.62. The molecule has 4 nitrogen and oxygen atoms in total. The van der Waals surface area contributed by atoms with Crippen LogP contribution in [0.25, 0.3) is 11.0 Å². The van der Waals surface area contributed by atoms with Crippen molar-refractivity contribution in [2.24, 2.45) is 0 Å². The zero-order valence-corrected chi connectivity index (χ0v) is 15.1. The highest BCUT2D eigenvalue weighted by molar-refractivity contribution is 6.06. The molecular weight excluding hydrogens is 314 g/mol. The van der Waals surface area contributed by atoms with E-state index < -0.39 is 0 Å². The Morgan fingerprint density at radius 1 is 1.24 bits per heavy atom. The quantitative estimate of drug-likeness (QED) is 0.667. The van der Waals surface area contributed by atoms with Crippen LogP contribution in [0.15, 0.2) is 46.9 Å². The maximum atomic E-state index is 12.8. The van der Waals surface area contributed by atoms with Crippen molar-refractivity contribution in [3.05, 3.63) is 59.4 Å². The molecule has 0 bridgehead atoms. The highest BCUT2D eigenvalue weighted by Gasteiger charge is 2.19. The van der Waals surface area contributed by atoms with Crippen LogP contribution in [0.1, 0.15) is 47.9 Å². The molecule has 0 spiro atoms. The Balaban J connectivity index is 1.95. The lowest BCUT2D eigenvalue weighted by molar-refractivity contribution is 0.0998. The van der Waals surface area contributed by atoms with Crippen molar-refractivity contribution in [2.45, 2.75) is 33.1 Å². The van der Waals surface area contributed by atoms with Gasteiger partial charge in [0, 0.05) is 16.6 Å². The number of carbonyl (C=O) groups excluding carboxylic acids is 1. The number of ether oxygens (including phenoxy) is 1. The second kappa shape index (κ2) is 7.01. The molecule has 1 N–H and O–H groups in total. The fourth-order valence-corrected chi connectivity index (χ4v) is 2.98. The highest BCUT2D eigenvalue weighted by atomic mass is 16.5. The van der Waals surface area contributed by atoms with E-state index in [9.17, 15) is 4.79 Å². The minimum Gasteiger partial charge on any atom is -0.497 e. The molecule has 0 aliphatic carbocycles. The normalized spacial score (nSPS) is 12.2. The number of anilines is 1. The lowest BCUT2D eigenvalue weighted by Gasteiger charge is -2.15. The van der Waals surface area contributed by atoms with Gasteiger partial charge in [-0.15, -0.1) is 0 Å². The van der Waals surface area contributed by atoms with Gasteiger partial charge in [-0.25, -0.2) is 0 Å². The lowest BCUT2D eigenvalue weighted by atomic mass is 9.97. The van der Waals surface area contributed by atoms with Crippen molar-refractivity contribution < 1.29 is 13.9 Å². The lowest BCUT2D eigenvalue weighted by Crippen LogP contribution is -2.14. The minimum absolute atomic E-state index is 0.233. The van der Waals surface area contributed by atoms with Crippen LogP contribution in [-0.4, -0.2) is 13.0 Å². The predicted octanol–water partition coefficient (Wildman–Crippen LogP) is 5.52. The van der Waals surface area contributed by atoms with Gasteiger partial charge in [-0.1, -0.05) is 32.0 Å². The van der Waals surface area contributed by atoms with Gasteiger partial charge in [0.25, 0.3) is 5.91 Å². The maximum Gasteiger partial charge on any atom is 0.291 e. The summed E-state index contributed by atoms with van der Waals surface area (Å²) in [5.74, 6) is 1.22. The summed E-state index contributed by atoms with van der Waals surface area (Å²) in [6.45, 7) is 6.19. The summed E-state index contributed by atoms with van der Waals surface area (Å²) in [6, 6.07) is 13.4. The molecule has 3 aromatic rings. The van der Waals surface area contributed by atoms with Gasteiger partial charge in [0.1, 0.15) is 11.3 Å². The number of nitrogens with one attached hydrogen (secondary N) is 1. The first-order valence-corrected chi connectivity index (χ1v) is 8.52. The third kappa shape index (κ3) is 3.25. The second-order valence-corrected chi connectivity index (χ2v) is 6.27. The summed E-state index contributed by atoms with van der Waals surface area (Å²) >= 11 is 0. The molecule has 0 saturated heterocycles. The summed E-state index contributed by atoms with van der Waals surface area (Å²) in [6.07, 6.45) is 1.01. The maximum absolute atomic E-state index is 12.8. The molecular formula is C21H23NO3. The van der Waals surface area contributed by atoms with Gasteiger partial charge in [-0.2, -0.15) is 0 Å². The Morgan fingerprint density at radius 2 is 2.00 bits per heavy atom. The molecule has 0 aliphatic rings. The molecule has 0 saturated carbocycles. The van der Waals surface area contributed by atoms with E-state index in [0.717, 1.165) is 34.4 Å². The first-order chi connectivity index (χ1) is 12.0. The molecule has 25 heavy (non-hydrogen) atoms. The van der Waals surface area contributed by atoms with E-state index in [-0.39, 0.29) is 5.91 Å². The Hall–Kier alpha value is -2.75. The van der Waals surface area contributed by atoms with Crippen molar-refractivity contribution in [2.75, 3.05) is 12.4 Å². The van der Waals surface area contributed by atoms with Gasteiger partial charge in [0.15, 0.2) is 5.76 Å². The van der Waals surface area contributed by atoms with Gasteiger partial charge < -0.3 is 14.5 Å². The van der Waals surface area contributed by atoms with Crippen LogP contribution in [0.3, 0.4) is 0 Å². The van der Waals surface area contributed by atoms with Gasteiger partial charge in [-0.05, 0) is 49.1 Å². The first kappa shape index (κ1) is 17.1. The largest absolute Gasteiger partial charge is 0.497 e. The molecule has 0 unspecified atom stereocenters. The molecule has 1 heterocycles. The van der Waals surface area contributed by atoms with Crippen LogP contribution in [-0.2, 0) is 0 Å². The number of benzene rings is 2. The standard InChI is InChI=1S/C21H23NO3/c1-5-13(2)16-8-6-7-9-18(16)22-21(23)20-14(3)17-12-15(24-4)10-11-19(17)25-20/h6-13H,5H2,1-4H3,(H,22,23)/t13-/m0/s1. The molecule has 2 aromatic carbocycles. The van der Waals surface area contributed by atoms with Gasteiger partial charge in [0.05, 0.1) is 7.11 Å². The molecule has 0 radical (unpaired) electrons. The number of methoxy groups -OCH3 is 1. The fourth-order valence-electron chi connectivity index (χ4n) is 2.98. The smallest absolute Gasteiger partial charge is 0.291 e. The Bertz CT molecular complexity index is 911. The summed E-state index contributed by atoms with van der Waals surface area (Å²) < 4.78 is 11.0. The average Bonchev–Trinajstić information content (AvgIpc) is 2.97. The molecule has 0 fully saturated rings. The number of para-hydroxylation sites is 1. The van der Waals surface area contributed by atoms with E-state index in [1.165, 1.54) is 0 Å². The van der Waals surface area contributed by atoms with Crippen molar-refractivity contribution in [3.63, 3.8) is 0 Å². The SMILES string of the molecule is CC[C@H](C)c1ccccc1NC(=O)c1oc2ccc(OC)cc2c1C. The number of hydrogen-bond donors (Lipinski definition) is 1. The summed E-state index contributed by atoms with van der Waals surface area (Å²) in [5.41, 5.74) is 3.46. The average molecular weight is 337 g/mol. The van der Waals surface area contributed by atoms with Crippen LogP contribution in [0.2, 0.25) is 0 Å². The van der Waals surface area contributed by atoms with Crippen LogP contribution in [0.5, 0.6) is 5.75 Å². The van der Waals surface area contributed by atoms with Crippen LogP contribution in [0, 0.1) is 6.92 Å². The Morgan fingerprint density at radius 3 is 2.72 bits per heavy atom. The van der Waals surface area contributed by atoms with Gasteiger partial charge in [0.2, 0.25) is 0 Å². The second-order valence-electron chi connectivity index (χ2n) is 6.27. The molecule has 0 aliphatic heterocycles. The van der Waals surface area contributed by atoms with Gasteiger partial charge >= 0.3 is 0 Å². The van der Waals surface area contributed by atoms with Crippen molar-refractivity contribution >= 4 is 22.6 Å². The van der Waals surface area contributed by atoms with Crippen LogP contribution >= 0.6 is 0 Å². The van der Waals surface area contributed by atoms with E-state index in [0.29, 0.717) is 17.3 Å². The van der Waals surface area contributed by atoms with Crippen molar-refractivity contribution in [1.82, 2.24) is 0 Å². The van der Waals surface area contributed by atoms with Gasteiger partial charge in [-0.3, -0.25) is 4.79 Å². The van der Waals surface area contributed by atoms with E-state index in [4.69, 9.17) is 9.15 Å². The number of furan rings is 1. The van der Waals surface area contributed by atoms with E-state index >= 15 is 0 Å². The summed E-state index contributed by atoms with van der Waals surface area (Å²) in [4.78, 5) is 12.8. The zero-order valence-electron chi connectivity index (χ0n) is 15.1. The van der Waals surface area contributed by atoms with E-state index in [1.807, 2.05) is 43.3 Å². The minimum atomic E-state index is -0.233. The number of amides is 1. The van der Waals surface area contributed by atoms with Crippen LogP contribution < -0.4 is 10.1 Å². The van der Waals surface area contributed by atoms with Crippen molar-refractivity contribution in [3.8, 4) is 5.75 Å². The summed E-state index contributed by atoms with van der Waals surface area (Å²) in [5, 5.41) is 3.90. The van der Waals surface area contributed by atoms with E-state index in [1.54, 1.807) is 7.11 Å². The molecule has 3 rings (SSSR count). The molecule has 4 heteroatoms. The Kier molecular flexibility index (Phi) is 4.79. The zero-order chi connectivity index (χ0) is 18.0. The molecule has 1 amide bonds. The first-order valence-electron chi connectivity index (χ1n) is 8.52. The molecule has 1 atom stereocenters. The number of hydrogen-bond acceptors (Lipinski definition) is 3. The molecule has 130 valence electrons. The number of aryl methyl sites for hydroxylation is 1.